The molecule has 47 heavy (non-hydrogen) atoms. The third kappa shape index (κ3) is 10.6. The van der Waals surface area contributed by atoms with Gasteiger partial charge in [0.15, 0.2) is 11.5 Å². The predicted molar refractivity (Wildman–Crippen MR) is 177 cm³/mol. The average Bonchev–Trinajstić information content (AvgIpc) is 3.53. The summed E-state index contributed by atoms with van der Waals surface area (Å²) in [5.41, 5.74) is -0.0642. The predicted octanol–water partition coefficient (Wildman–Crippen LogP) is 3.15. The summed E-state index contributed by atoms with van der Waals surface area (Å²) in [4.78, 5) is 24.6. The zero-order valence-corrected chi connectivity index (χ0v) is 27.5. The van der Waals surface area contributed by atoms with Gasteiger partial charge in [-0.25, -0.2) is 8.42 Å². The first-order valence-corrected chi connectivity index (χ1v) is 17.0. The number of nitrogens with zero attached hydrogens (tertiary/aromatic N) is 1. The molecular formula is C35H42N4O7S. The second-order valence-corrected chi connectivity index (χ2v) is 13.5. The van der Waals surface area contributed by atoms with Gasteiger partial charge in [-0.05, 0) is 29.2 Å². The minimum Gasteiger partial charge on any atom is -0.454 e. The van der Waals surface area contributed by atoms with E-state index < -0.39 is 15.7 Å². The molecule has 11 nitrogen and oxygen atoms in total. The van der Waals surface area contributed by atoms with Gasteiger partial charge in [0.25, 0.3) is 0 Å². The quantitative estimate of drug-likeness (QED) is 0.104. The molecule has 4 rings (SSSR count). The Hall–Kier alpha value is -4.41. The van der Waals surface area contributed by atoms with Crippen LogP contribution < -0.4 is 25.4 Å². The number of rotatable bonds is 16. The Bertz CT molecular complexity index is 1660. The lowest BCUT2D eigenvalue weighted by atomic mass is 9.98. The summed E-state index contributed by atoms with van der Waals surface area (Å²) in [7, 11) is -4.22. The van der Waals surface area contributed by atoms with Crippen molar-refractivity contribution in [3.8, 4) is 23.5 Å². The fourth-order valence-electron chi connectivity index (χ4n) is 5.02. The van der Waals surface area contributed by atoms with E-state index in [1.165, 1.54) is 18.2 Å². The summed E-state index contributed by atoms with van der Waals surface area (Å²) in [5.74, 6) is 2.82. The van der Waals surface area contributed by atoms with Crippen LogP contribution in [0.4, 0.5) is 0 Å². The second kappa shape index (κ2) is 16.9. The molecule has 0 spiro atoms. The molecule has 4 N–H and O–H groups in total. The number of fused-ring (bicyclic) bond motifs is 1. The van der Waals surface area contributed by atoms with Crippen LogP contribution in [0, 0.1) is 17.9 Å². The highest BCUT2D eigenvalue weighted by Gasteiger charge is 2.43. The molecule has 1 aliphatic rings. The van der Waals surface area contributed by atoms with Gasteiger partial charge >= 0.3 is 0 Å². The van der Waals surface area contributed by atoms with Gasteiger partial charge in [0, 0.05) is 57.4 Å². The summed E-state index contributed by atoms with van der Waals surface area (Å²) in [6.07, 6.45) is 0.209. The fraction of sp³-hybridized carbons (Fsp3) is 0.371. The van der Waals surface area contributed by atoms with Gasteiger partial charge in [0.2, 0.25) is 28.6 Å². The number of ether oxygens (including phenoxy) is 2. The van der Waals surface area contributed by atoms with Crippen LogP contribution in [0.1, 0.15) is 44.2 Å². The summed E-state index contributed by atoms with van der Waals surface area (Å²) >= 11 is 0. The Morgan fingerprint density at radius 2 is 1.64 bits per heavy atom. The Kier molecular flexibility index (Phi) is 12.8. The van der Waals surface area contributed by atoms with Gasteiger partial charge in [-0.1, -0.05) is 80.4 Å². The molecule has 0 saturated carbocycles. The summed E-state index contributed by atoms with van der Waals surface area (Å²) in [6, 6.07) is 25.8. The number of aliphatic hydroxyl groups is 1. The van der Waals surface area contributed by atoms with Gasteiger partial charge in [0.05, 0.1) is 11.4 Å². The van der Waals surface area contributed by atoms with Crippen molar-refractivity contribution in [2.45, 2.75) is 56.7 Å². The minimum atomic E-state index is -4.22. The molecule has 3 aromatic carbocycles. The number of sulfonamides is 1. The number of amides is 2. The SMILES string of the molecule is CC(C)CN(C(O)(CCNC(=O)CCC#CNC(=O)CNCc1ccccc1)Cc1ccccc1)S(=O)(=O)c1ccc2c(c1)OCO2. The second-order valence-electron chi connectivity index (χ2n) is 11.6. The van der Waals surface area contributed by atoms with Crippen molar-refractivity contribution in [2.24, 2.45) is 5.92 Å². The van der Waals surface area contributed by atoms with Crippen molar-refractivity contribution in [3.05, 3.63) is 90.0 Å². The number of nitrogens with one attached hydrogen (secondary N) is 3. The van der Waals surface area contributed by atoms with Gasteiger partial charge in [0.1, 0.15) is 5.72 Å². The van der Waals surface area contributed by atoms with E-state index in [1.54, 1.807) is 0 Å². The highest BCUT2D eigenvalue weighted by molar-refractivity contribution is 7.89. The summed E-state index contributed by atoms with van der Waals surface area (Å²) in [5, 5.41) is 20.5. The number of benzene rings is 3. The molecule has 0 fully saturated rings. The number of carbonyl (C=O) groups excluding carboxylic acids is 2. The first-order chi connectivity index (χ1) is 22.6. The molecule has 1 aliphatic heterocycles. The molecule has 0 radical (unpaired) electrons. The lowest BCUT2D eigenvalue weighted by molar-refractivity contribution is -0.121. The number of hydrogen-bond donors (Lipinski definition) is 4. The van der Waals surface area contributed by atoms with E-state index in [4.69, 9.17) is 9.47 Å². The molecule has 12 heteroatoms. The molecular weight excluding hydrogens is 620 g/mol. The average molecular weight is 663 g/mol. The van der Waals surface area contributed by atoms with Crippen LogP contribution in [0.5, 0.6) is 11.5 Å². The number of carbonyl (C=O) groups is 2. The molecule has 0 aromatic heterocycles. The van der Waals surface area contributed by atoms with Crippen LogP contribution in [0.15, 0.2) is 83.8 Å². The standard InChI is InChI=1S/C35H42N4O7S/c1-27(2)25-39(47(43,44)30-16-17-31-32(21-30)46-26-45-31)35(42,22-28-11-5-3-6-12-28)18-20-38-33(40)15-9-10-19-37-34(41)24-36-23-29-13-7-4-8-14-29/h3-8,11-14,16-17,21,27,36,42H,9,15,18,20,22-26H2,1-2H3,(H,37,41)(H,38,40). The Morgan fingerprint density at radius 1 is 0.957 bits per heavy atom. The molecule has 0 saturated heterocycles. The van der Waals surface area contributed by atoms with Crippen LogP contribution >= 0.6 is 0 Å². The van der Waals surface area contributed by atoms with Gasteiger partial charge in [-0.3, -0.25) is 14.9 Å². The van der Waals surface area contributed by atoms with Crippen LogP contribution in [-0.2, 0) is 32.6 Å². The van der Waals surface area contributed by atoms with Crippen molar-refractivity contribution in [1.82, 2.24) is 20.3 Å². The Labute approximate surface area is 276 Å². The monoisotopic (exact) mass is 662 g/mol. The third-order valence-corrected chi connectivity index (χ3v) is 9.25. The lowest BCUT2D eigenvalue weighted by Gasteiger charge is -2.40. The van der Waals surface area contributed by atoms with Crippen LogP contribution in [0.2, 0.25) is 0 Å². The van der Waals surface area contributed by atoms with Crippen molar-refractivity contribution in [1.29, 1.82) is 0 Å². The highest BCUT2D eigenvalue weighted by Crippen LogP contribution is 2.37. The Morgan fingerprint density at radius 3 is 2.34 bits per heavy atom. The molecule has 1 heterocycles. The topological polar surface area (TPSA) is 146 Å². The van der Waals surface area contributed by atoms with E-state index in [0.717, 1.165) is 15.4 Å². The maximum Gasteiger partial charge on any atom is 0.245 e. The number of hydrogen-bond acceptors (Lipinski definition) is 8. The van der Waals surface area contributed by atoms with E-state index in [-0.39, 0.29) is 74.7 Å². The van der Waals surface area contributed by atoms with Crippen molar-refractivity contribution in [2.75, 3.05) is 26.4 Å². The van der Waals surface area contributed by atoms with Crippen LogP contribution in [0.3, 0.4) is 0 Å². The van der Waals surface area contributed by atoms with Crippen molar-refractivity contribution in [3.63, 3.8) is 0 Å². The molecule has 0 bridgehead atoms. The van der Waals surface area contributed by atoms with Gasteiger partial charge < -0.3 is 25.2 Å². The lowest BCUT2D eigenvalue weighted by Crippen LogP contribution is -2.55. The highest BCUT2D eigenvalue weighted by atomic mass is 32.2. The molecule has 1 atom stereocenters. The molecule has 3 aromatic rings. The van der Waals surface area contributed by atoms with E-state index in [9.17, 15) is 23.1 Å². The largest absolute Gasteiger partial charge is 0.454 e. The maximum atomic E-state index is 14.1. The third-order valence-electron chi connectivity index (χ3n) is 7.33. The van der Waals surface area contributed by atoms with Crippen molar-refractivity contribution < 1.29 is 32.6 Å². The van der Waals surface area contributed by atoms with E-state index >= 15 is 0 Å². The first kappa shape index (κ1) is 35.4. The van der Waals surface area contributed by atoms with E-state index in [0.29, 0.717) is 18.0 Å². The summed E-state index contributed by atoms with van der Waals surface area (Å²) in [6.45, 7) is 4.46. The van der Waals surface area contributed by atoms with E-state index in [1.807, 2.05) is 74.5 Å². The summed E-state index contributed by atoms with van der Waals surface area (Å²) < 4.78 is 40.1. The normalized spacial score (nSPS) is 13.5. The molecule has 0 aliphatic carbocycles. The zero-order chi connectivity index (χ0) is 33.7. The Balaban J connectivity index is 1.35. The molecule has 1 unspecified atom stereocenters. The smallest absolute Gasteiger partial charge is 0.245 e. The zero-order valence-electron chi connectivity index (χ0n) is 26.7. The van der Waals surface area contributed by atoms with E-state index in [2.05, 4.69) is 27.9 Å². The maximum absolute atomic E-state index is 14.1. The van der Waals surface area contributed by atoms with Gasteiger partial charge in [-0.15, -0.1) is 0 Å². The van der Waals surface area contributed by atoms with Gasteiger partial charge in [-0.2, -0.15) is 4.31 Å². The minimum absolute atomic E-state index is 0.000918. The van der Waals surface area contributed by atoms with Crippen LogP contribution in [0.25, 0.3) is 0 Å². The first-order valence-electron chi connectivity index (χ1n) is 15.5. The molecule has 250 valence electrons. The molecule has 2 amide bonds. The fourth-order valence-corrected chi connectivity index (χ4v) is 6.86. The van der Waals surface area contributed by atoms with Crippen molar-refractivity contribution >= 4 is 21.8 Å². The van der Waals surface area contributed by atoms with Crippen LogP contribution in [-0.4, -0.2) is 61.8 Å².